The summed E-state index contributed by atoms with van der Waals surface area (Å²) in [5, 5.41) is 3.03. The largest absolute Gasteiger partial charge is 0.493 e. The first-order valence-corrected chi connectivity index (χ1v) is 10.8. The van der Waals surface area contributed by atoms with Crippen molar-refractivity contribution in [3.8, 4) is 5.75 Å². The first-order valence-electron chi connectivity index (χ1n) is 8.51. The summed E-state index contributed by atoms with van der Waals surface area (Å²) in [6.07, 6.45) is 2.61. The first kappa shape index (κ1) is 15.6. The maximum atomic E-state index is 13.0. The molecule has 25 heavy (non-hydrogen) atoms. The standard InChI is InChI=1S/C17H19N3O3S2/c21-25(22,15-1-2-16-12(7-15)3-5-23-16)20-10-13-8-19(9-14(13)11-20)17-18-4-6-24-17/h1-2,4,6-7,13-14H,3,5,8-11H2. The van der Waals surface area contributed by atoms with Gasteiger partial charge in [0.25, 0.3) is 0 Å². The van der Waals surface area contributed by atoms with Gasteiger partial charge < -0.3 is 9.64 Å². The topological polar surface area (TPSA) is 62.7 Å². The van der Waals surface area contributed by atoms with E-state index in [4.69, 9.17) is 4.74 Å². The van der Waals surface area contributed by atoms with E-state index < -0.39 is 10.0 Å². The van der Waals surface area contributed by atoms with Crippen molar-refractivity contribution in [2.24, 2.45) is 11.8 Å². The second-order valence-electron chi connectivity index (χ2n) is 6.93. The van der Waals surface area contributed by atoms with Crippen molar-refractivity contribution in [1.82, 2.24) is 9.29 Å². The third-order valence-electron chi connectivity index (χ3n) is 5.44. The van der Waals surface area contributed by atoms with Crippen LogP contribution in [0.1, 0.15) is 5.56 Å². The van der Waals surface area contributed by atoms with Crippen LogP contribution in [0.15, 0.2) is 34.7 Å². The molecule has 0 aliphatic carbocycles. The van der Waals surface area contributed by atoms with E-state index in [9.17, 15) is 8.42 Å². The van der Waals surface area contributed by atoms with Gasteiger partial charge in [0.1, 0.15) is 5.75 Å². The minimum atomic E-state index is -3.43. The third kappa shape index (κ3) is 2.54. The molecule has 3 aliphatic heterocycles. The molecular formula is C17H19N3O3S2. The van der Waals surface area contributed by atoms with Gasteiger partial charge in [0.05, 0.1) is 11.5 Å². The molecule has 0 bridgehead atoms. The highest BCUT2D eigenvalue weighted by Gasteiger charge is 2.44. The second-order valence-corrected chi connectivity index (χ2v) is 9.74. The average Bonchev–Trinajstić information content (AvgIpc) is 3.34. The Hall–Kier alpha value is -1.64. The summed E-state index contributed by atoms with van der Waals surface area (Å²) in [5.74, 6) is 1.59. The van der Waals surface area contributed by atoms with E-state index in [1.54, 1.807) is 33.8 Å². The van der Waals surface area contributed by atoms with Crippen LogP contribution < -0.4 is 9.64 Å². The normalized spacial score (nSPS) is 25.8. The summed E-state index contributed by atoms with van der Waals surface area (Å²) < 4.78 is 33.2. The molecule has 0 radical (unpaired) electrons. The van der Waals surface area contributed by atoms with Crippen molar-refractivity contribution in [3.05, 3.63) is 35.3 Å². The summed E-state index contributed by atoms with van der Waals surface area (Å²) in [7, 11) is -3.43. The number of rotatable bonds is 3. The van der Waals surface area contributed by atoms with Crippen LogP contribution >= 0.6 is 11.3 Å². The number of hydrogen-bond acceptors (Lipinski definition) is 6. The Balaban J connectivity index is 1.34. The summed E-state index contributed by atoms with van der Waals surface area (Å²) >= 11 is 1.64. The lowest BCUT2D eigenvalue weighted by Crippen LogP contribution is -2.33. The van der Waals surface area contributed by atoms with Crippen LogP contribution in [0.4, 0.5) is 5.13 Å². The Bertz CT molecular complexity index is 884. The number of fused-ring (bicyclic) bond motifs is 2. The fourth-order valence-corrected chi connectivity index (χ4v) is 6.42. The Morgan fingerprint density at radius 1 is 1.16 bits per heavy atom. The molecule has 1 aromatic carbocycles. The van der Waals surface area contributed by atoms with Crippen LogP contribution in [0, 0.1) is 11.8 Å². The summed E-state index contributed by atoms with van der Waals surface area (Å²) in [4.78, 5) is 7.06. The molecule has 0 spiro atoms. The molecule has 4 heterocycles. The fraction of sp³-hybridized carbons (Fsp3) is 0.471. The zero-order valence-electron chi connectivity index (χ0n) is 13.7. The van der Waals surface area contributed by atoms with Crippen LogP contribution in [-0.4, -0.2) is 50.5 Å². The number of nitrogens with zero attached hydrogens (tertiary/aromatic N) is 3. The molecule has 5 rings (SSSR count). The Labute approximate surface area is 151 Å². The highest BCUT2D eigenvalue weighted by molar-refractivity contribution is 7.89. The van der Waals surface area contributed by atoms with Gasteiger partial charge in [-0.2, -0.15) is 4.31 Å². The van der Waals surface area contributed by atoms with Crippen molar-refractivity contribution in [2.45, 2.75) is 11.3 Å². The highest BCUT2D eigenvalue weighted by atomic mass is 32.2. The zero-order valence-corrected chi connectivity index (χ0v) is 15.3. The maximum Gasteiger partial charge on any atom is 0.243 e. The van der Waals surface area contributed by atoms with Gasteiger partial charge in [-0.3, -0.25) is 0 Å². The van der Waals surface area contributed by atoms with Crippen molar-refractivity contribution in [2.75, 3.05) is 37.7 Å². The summed E-state index contributed by atoms with van der Waals surface area (Å²) in [6.45, 7) is 3.62. The van der Waals surface area contributed by atoms with Gasteiger partial charge in [-0.05, 0) is 35.6 Å². The summed E-state index contributed by atoms with van der Waals surface area (Å²) in [6, 6.07) is 5.25. The smallest absolute Gasteiger partial charge is 0.243 e. The molecule has 2 aromatic rings. The number of benzene rings is 1. The van der Waals surface area contributed by atoms with Gasteiger partial charge in [-0.25, -0.2) is 13.4 Å². The van der Waals surface area contributed by atoms with Gasteiger partial charge in [-0.1, -0.05) is 0 Å². The molecule has 1 aromatic heterocycles. The maximum absolute atomic E-state index is 13.0. The predicted octanol–water partition coefficient (Wildman–Crippen LogP) is 1.83. The number of ether oxygens (including phenoxy) is 1. The molecule has 6 nitrogen and oxygen atoms in total. The average molecular weight is 377 g/mol. The van der Waals surface area contributed by atoms with E-state index in [2.05, 4.69) is 9.88 Å². The molecule has 0 amide bonds. The van der Waals surface area contributed by atoms with E-state index in [1.807, 2.05) is 11.6 Å². The number of sulfonamides is 1. The van der Waals surface area contributed by atoms with Crippen LogP contribution in [0.5, 0.6) is 5.75 Å². The van der Waals surface area contributed by atoms with Crippen molar-refractivity contribution < 1.29 is 13.2 Å². The lowest BCUT2D eigenvalue weighted by molar-refractivity contribution is 0.356. The molecule has 2 unspecified atom stereocenters. The van der Waals surface area contributed by atoms with Gasteiger partial charge in [0, 0.05) is 44.2 Å². The predicted molar refractivity (Wildman–Crippen MR) is 95.7 cm³/mol. The molecule has 3 aliphatic rings. The first-order chi connectivity index (χ1) is 12.1. The third-order valence-corrected chi connectivity index (χ3v) is 8.10. The lowest BCUT2D eigenvalue weighted by Gasteiger charge is -2.21. The molecule has 0 N–H and O–H groups in total. The van der Waals surface area contributed by atoms with Gasteiger partial charge in [-0.15, -0.1) is 11.3 Å². The number of hydrogen-bond donors (Lipinski definition) is 0. The van der Waals surface area contributed by atoms with Crippen molar-refractivity contribution in [3.63, 3.8) is 0 Å². The van der Waals surface area contributed by atoms with Crippen molar-refractivity contribution >= 4 is 26.5 Å². The van der Waals surface area contributed by atoms with Crippen LogP contribution in [-0.2, 0) is 16.4 Å². The van der Waals surface area contributed by atoms with E-state index in [-0.39, 0.29) is 0 Å². The monoisotopic (exact) mass is 377 g/mol. The van der Waals surface area contributed by atoms with Gasteiger partial charge in [0.15, 0.2) is 5.13 Å². The Kier molecular flexibility index (Phi) is 3.55. The zero-order chi connectivity index (χ0) is 17.0. The quantitative estimate of drug-likeness (QED) is 0.817. The number of thiazole rings is 1. The Morgan fingerprint density at radius 3 is 2.68 bits per heavy atom. The van der Waals surface area contributed by atoms with Gasteiger partial charge in [0.2, 0.25) is 10.0 Å². The molecule has 2 fully saturated rings. The minimum Gasteiger partial charge on any atom is -0.493 e. The molecule has 132 valence electrons. The SMILES string of the molecule is O=S(=O)(c1ccc2c(c1)CCO2)N1CC2CN(c3nccs3)CC2C1. The molecule has 8 heteroatoms. The second kappa shape index (κ2) is 5.69. The molecule has 2 atom stereocenters. The summed E-state index contributed by atoms with van der Waals surface area (Å²) in [5.41, 5.74) is 0.996. The van der Waals surface area contributed by atoms with E-state index in [0.717, 1.165) is 36.0 Å². The minimum absolute atomic E-state index is 0.386. The number of anilines is 1. The van der Waals surface area contributed by atoms with E-state index in [0.29, 0.717) is 36.4 Å². The molecule has 0 saturated carbocycles. The van der Waals surface area contributed by atoms with Crippen LogP contribution in [0.3, 0.4) is 0 Å². The van der Waals surface area contributed by atoms with Gasteiger partial charge >= 0.3 is 0 Å². The fourth-order valence-electron chi connectivity index (χ4n) is 4.15. The van der Waals surface area contributed by atoms with E-state index >= 15 is 0 Å². The van der Waals surface area contributed by atoms with Crippen molar-refractivity contribution in [1.29, 1.82) is 0 Å². The highest BCUT2D eigenvalue weighted by Crippen LogP contribution is 2.37. The van der Waals surface area contributed by atoms with Crippen LogP contribution in [0.25, 0.3) is 0 Å². The Morgan fingerprint density at radius 2 is 1.96 bits per heavy atom. The number of aromatic nitrogens is 1. The lowest BCUT2D eigenvalue weighted by atomic mass is 10.0. The molecular weight excluding hydrogens is 358 g/mol. The van der Waals surface area contributed by atoms with Crippen LogP contribution in [0.2, 0.25) is 0 Å². The van der Waals surface area contributed by atoms with E-state index in [1.165, 1.54) is 0 Å². The molecule has 2 saturated heterocycles.